The topological polar surface area (TPSA) is 75.3 Å². The molecule has 2 rings (SSSR count). The summed E-state index contributed by atoms with van der Waals surface area (Å²) in [5, 5.41) is 2.79. The summed E-state index contributed by atoms with van der Waals surface area (Å²) < 4.78 is 28.8. The largest absolute Gasteiger partial charge is 0.352 e. The number of benzene rings is 2. The lowest BCUT2D eigenvalue weighted by Crippen LogP contribution is -2.41. The standard InChI is InChI=1S/C19H23BrN2O3S/c1-19(2,3)22-26(24,25)17-7-5-4-6-15(17)13-21-18(23)12-14-8-10-16(20)11-9-14/h4-11,22H,12-13H2,1-3H3,(H,21,23). The first-order valence-corrected chi connectivity index (χ1v) is 10.5. The van der Waals surface area contributed by atoms with Crippen molar-refractivity contribution in [3.8, 4) is 0 Å². The van der Waals surface area contributed by atoms with Crippen LogP contribution in [-0.4, -0.2) is 19.9 Å². The van der Waals surface area contributed by atoms with Crippen LogP contribution in [0.5, 0.6) is 0 Å². The Morgan fingerprint density at radius 1 is 1.04 bits per heavy atom. The maximum atomic E-state index is 12.6. The molecule has 2 aromatic rings. The molecule has 2 N–H and O–H groups in total. The Balaban J connectivity index is 2.08. The summed E-state index contributed by atoms with van der Waals surface area (Å²) in [6.45, 7) is 5.50. The fourth-order valence-corrected chi connectivity index (χ4v) is 4.34. The molecule has 1 amide bonds. The van der Waals surface area contributed by atoms with Gasteiger partial charge in [0.05, 0.1) is 11.3 Å². The highest BCUT2D eigenvalue weighted by Gasteiger charge is 2.24. The Hall–Kier alpha value is -1.70. The van der Waals surface area contributed by atoms with Crippen LogP contribution in [0.2, 0.25) is 0 Å². The van der Waals surface area contributed by atoms with Crippen LogP contribution in [0.25, 0.3) is 0 Å². The molecule has 0 aliphatic rings. The molecule has 2 aromatic carbocycles. The van der Waals surface area contributed by atoms with Gasteiger partial charge in [-0.25, -0.2) is 13.1 Å². The summed E-state index contributed by atoms with van der Waals surface area (Å²) in [5.41, 5.74) is 0.853. The predicted octanol–water partition coefficient (Wildman–Crippen LogP) is 3.38. The normalized spacial score (nSPS) is 12.0. The minimum absolute atomic E-state index is 0.149. The van der Waals surface area contributed by atoms with Gasteiger partial charge in [-0.3, -0.25) is 4.79 Å². The number of nitrogens with one attached hydrogen (secondary N) is 2. The number of hydrogen-bond donors (Lipinski definition) is 2. The van der Waals surface area contributed by atoms with Crippen LogP contribution in [0.1, 0.15) is 31.9 Å². The summed E-state index contributed by atoms with van der Waals surface area (Å²) >= 11 is 3.36. The van der Waals surface area contributed by atoms with Crippen molar-refractivity contribution < 1.29 is 13.2 Å². The Morgan fingerprint density at radius 3 is 2.27 bits per heavy atom. The monoisotopic (exact) mass is 438 g/mol. The fourth-order valence-electron chi connectivity index (χ4n) is 2.41. The van der Waals surface area contributed by atoms with Gasteiger partial charge in [-0.15, -0.1) is 0 Å². The molecule has 7 heteroatoms. The van der Waals surface area contributed by atoms with Crippen molar-refractivity contribution in [3.63, 3.8) is 0 Å². The van der Waals surface area contributed by atoms with Crippen LogP contribution in [0.15, 0.2) is 57.9 Å². The highest BCUT2D eigenvalue weighted by atomic mass is 79.9. The number of carbonyl (C=O) groups is 1. The van der Waals surface area contributed by atoms with E-state index in [1.54, 1.807) is 45.0 Å². The quantitative estimate of drug-likeness (QED) is 0.725. The molecule has 5 nitrogen and oxygen atoms in total. The number of sulfonamides is 1. The Bertz CT molecular complexity index is 872. The van der Waals surface area contributed by atoms with Crippen molar-refractivity contribution in [2.75, 3.05) is 0 Å². The molecule has 140 valence electrons. The Morgan fingerprint density at radius 2 is 1.65 bits per heavy atom. The van der Waals surface area contributed by atoms with E-state index in [4.69, 9.17) is 0 Å². The number of amides is 1. The second-order valence-corrected chi connectivity index (χ2v) is 9.61. The number of halogens is 1. The summed E-state index contributed by atoms with van der Waals surface area (Å²) in [6, 6.07) is 14.2. The van der Waals surface area contributed by atoms with Crippen molar-refractivity contribution in [1.82, 2.24) is 10.0 Å². The molecule has 0 spiro atoms. The van der Waals surface area contributed by atoms with Crippen LogP contribution in [-0.2, 0) is 27.8 Å². The summed E-state index contributed by atoms with van der Waals surface area (Å²) in [5.74, 6) is -0.164. The molecule has 0 aliphatic carbocycles. The molecule has 0 atom stereocenters. The third-order valence-electron chi connectivity index (χ3n) is 3.46. The molecule has 0 saturated heterocycles. The maximum absolute atomic E-state index is 12.6. The Labute approximate surface area is 163 Å². The van der Waals surface area contributed by atoms with Crippen molar-refractivity contribution in [3.05, 3.63) is 64.1 Å². The lowest BCUT2D eigenvalue weighted by molar-refractivity contribution is -0.120. The second-order valence-electron chi connectivity index (χ2n) is 7.04. The molecular formula is C19H23BrN2O3S. The van der Waals surface area contributed by atoms with E-state index >= 15 is 0 Å². The van der Waals surface area contributed by atoms with Gasteiger partial charge in [-0.1, -0.05) is 46.3 Å². The number of rotatable bonds is 6. The van der Waals surface area contributed by atoms with E-state index in [2.05, 4.69) is 26.0 Å². The summed E-state index contributed by atoms with van der Waals surface area (Å²) in [7, 11) is -3.67. The highest BCUT2D eigenvalue weighted by molar-refractivity contribution is 9.10. The van der Waals surface area contributed by atoms with E-state index in [0.29, 0.717) is 5.56 Å². The smallest absolute Gasteiger partial charge is 0.241 e. The molecule has 0 saturated carbocycles. The third-order valence-corrected chi connectivity index (χ3v) is 5.84. The first-order valence-electron chi connectivity index (χ1n) is 8.20. The van der Waals surface area contributed by atoms with Crippen molar-refractivity contribution in [1.29, 1.82) is 0 Å². The number of carbonyl (C=O) groups excluding carboxylic acids is 1. The van der Waals surface area contributed by atoms with E-state index in [1.807, 2.05) is 24.3 Å². The molecule has 0 aliphatic heterocycles. The van der Waals surface area contributed by atoms with E-state index in [0.717, 1.165) is 10.0 Å². The van der Waals surface area contributed by atoms with E-state index < -0.39 is 15.6 Å². The van der Waals surface area contributed by atoms with Gasteiger partial charge in [0.25, 0.3) is 0 Å². The molecular weight excluding hydrogens is 416 g/mol. The van der Waals surface area contributed by atoms with Gasteiger partial charge in [0, 0.05) is 16.6 Å². The molecule has 26 heavy (non-hydrogen) atoms. The molecule has 0 unspecified atom stereocenters. The average Bonchev–Trinajstić information content (AvgIpc) is 2.53. The lowest BCUT2D eigenvalue weighted by atomic mass is 10.1. The van der Waals surface area contributed by atoms with Gasteiger partial charge in [-0.2, -0.15) is 0 Å². The van der Waals surface area contributed by atoms with E-state index in [-0.39, 0.29) is 23.8 Å². The van der Waals surface area contributed by atoms with Crippen LogP contribution >= 0.6 is 15.9 Å². The van der Waals surface area contributed by atoms with E-state index in [1.165, 1.54) is 0 Å². The minimum atomic E-state index is -3.67. The van der Waals surface area contributed by atoms with Crippen LogP contribution in [0.3, 0.4) is 0 Å². The highest BCUT2D eigenvalue weighted by Crippen LogP contribution is 2.18. The van der Waals surface area contributed by atoms with Crippen molar-refractivity contribution in [2.45, 2.75) is 44.2 Å². The van der Waals surface area contributed by atoms with Gasteiger partial charge >= 0.3 is 0 Å². The molecule has 0 fully saturated rings. The van der Waals surface area contributed by atoms with Crippen molar-refractivity contribution >= 4 is 31.9 Å². The average molecular weight is 439 g/mol. The first-order chi connectivity index (χ1) is 12.1. The molecule has 0 heterocycles. The van der Waals surface area contributed by atoms with Crippen LogP contribution in [0.4, 0.5) is 0 Å². The van der Waals surface area contributed by atoms with Gasteiger partial charge in [0.15, 0.2) is 0 Å². The fraction of sp³-hybridized carbons (Fsp3) is 0.316. The zero-order valence-electron chi connectivity index (χ0n) is 15.0. The van der Waals surface area contributed by atoms with Crippen molar-refractivity contribution in [2.24, 2.45) is 0 Å². The van der Waals surface area contributed by atoms with Gasteiger partial charge in [0.1, 0.15) is 0 Å². The maximum Gasteiger partial charge on any atom is 0.241 e. The first kappa shape index (κ1) is 20.6. The molecule has 0 bridgehead atoms. The zero-order valence-corrected chi connectivity index (χ0v) is 17.4. The summed E-state index contributed by atoms with van der Waals surface area (Å²) in [6.07, 6.45) is 0.239. The predicted molar refractivity (Wildman–Crippen MR) is 106 cm³/mol. The number of hydrogen-bond acceptors (Lipinski definition) is 3. The molecule has 0 aromatic heterocycles. The SMILES string of the molecule is CC(C)(C)NS(=O)(=O)c1ccccc1CNC(=O)Cc1ccc(Br)cc1. The van der Waals surface area contributed by atoms with Gasteiger partial charge in [-0.05, 0) is 50.1 Å². The van der Waals surface area contributed by atoms with Gasteiger partial charge < -0.3 is 5.32 Å². The minimum Gasteiger partial charge on any atom is -0.352 e. The zero-order chi connectivity index (χ0) is 19.4. The summed E-state index contributed by atoms with van der Waals surface area (Å²) in [4.78, 5) is 12.4. The van der Waals surface area contributed by atoms with E-state index in [9.17, 15) is 13.2 Å². The van der Waals surface area contributed by atoms with Gasteiger partial charge in [0.2, 0.25) is 15.9 Å². The molecule has 0 radical (unpaired) electrons. The lowest BCUT2D eigenvalue weighted by Gasteiger charge is -2.21. The second kappa shape index (κ2) is 8.33. The Kier molecular flexibility index (Phi) is 6.60. The van der Waals surface area contributed by atoms with Crippen LogP contribution < -0.4 is 10.0 Å². The van der Waals surface area contributed by atoms with Crippen LogP contribution in [0, 0.1) is 0 Å². The third kappa shape index (κ3) is 6.23.